The van der Waals surface area contributed by atoms with Crippen molar-refractivity contribution in [2.24, 2.45) is 5.92 Å². The van der Waals surface area contributed by atoms with E-state index in [1.165, 1.54) is 11.8 Å². The van der Waals surface area contributed by atoms with Gasteiger partial charge in [0, 0.05) is 12.1 Å². The maximum Gasteiger partial charge on any atom is 0.230 e. The molecule has 1 saturated carbocycles. The average molecular weight is 409 g/mol. The first kappa shape index (κ1) is 20.0. The molecule has 1 atom stereocenters. The molecule has 1 aliphatic carbocycles. The van der Waals surface area contributed by atoms with E-state index < -0.39 is 0 Å². The number of nitrogens with one attached hydrogen (secondary N) is 1. The maximum absolute atomic E-state index is 12.2. The fourth-order valence-corrected chi connectivity index (χ4v) is 3.53. The van der Waals surface area contributed by atoms with Crippen molar-refractivity contribution in [3.63, 3.8) is 0 Å². The van der Waals surface area contributed by atoms with Crippen LogP contribution in [-0.4, -0.2) is 32.5 Å². The molecule has 6 nitrogen and oxygen atoms in total. The van der Waals surface area contributed by atoms with Crippen LogP contribution in [0.1, 0.15) is 45.5 Å². The van der Waals surface area contributed by atoms with Crippen molar-refractivity contribution in [2.75, 3.05) is 5.75 Å². The van der Waals surface area contributed by atoms with Gasteiger partial charge in [0.15, 0.2) is 11.0 Å². The lowest BCUT2D eigenvalue weighted by atomic mass is 10.1. The van der Waals surface area contributed by atoms with Crippen LogP contribution in [0.15, 0.2) is 29.4 Å². The molecule has 0 bridgehead atoms. The number of ether oxygens (including phenoxy) is 1. The van der Waals surface area contributed by atoms with Crippen molar-refractivity contribution >= 4 is 29.3 Å². The molecular weight excluding hydrogens is 384 g/mol. The molecular formula is C19H25ClN4O2S. The third-order valence-electron chi connectivity index (χ3n) is 4.56. The number of carbonyl (C=O) groups excluding carboxylic acids is 1. The summed E-state index contributed by atoms with van der Waals surface area (Å²) >= 11 is 7.56. The number of halogens is 1. The van der Waals surface area contributed by atoms with E-state index in [9.17, 15) is 4.79 Å². The van der Waals surface area contributed by atoms with E-state index in [0.717, 1.165) is 23.8 Å². The predicted octanol–water partition coefficient (Wildman–Crippen LogP) is 4.10. The average Bonchev–Trinajstić information content (AvgIpc) is 3.39. The van der Waals surface area contributed by atoms with Gasteiger partial charge in [-0.25, -0.2) is 0 Å². The number of carbonyl (C=O) groups is 1. The van der Waals surface area contributed by atoms with Crippen molar-refractivity contribution in [1.82, 2.24) is 20.1 Å². The normalized spacial score (nSPS) is 15.0. The zero-order valence-electron chi connectivity index (χ0n) is 15.8. The Balaban J connectivity index is 1.62. The molecule has 0 saturated heterocycles. The van der Waals surface area contributed by atoms with E-state index in [1.807, 2.05) is 25.1 Å². The highest BCUT2D eigenvalue weighted by atomic mass is 35.5. The predicted molar refractivity (Wildman–Crippen MR) is 107 cm³/mol. The zero-order valence-corrected chi connectivity index (χ0v) is 17.4. The summed E-state index contributed by atoms with van der Waals surface area (Å²) in [7, 11) is 0. The second-order valence-corrected chi connectivity index (χ2v) is 8.46. The number of para-hydroxylation sites is 1. The molecule has 1 fully saturated rings. The highest BCUT2D eigenvalue weighted by molar-refractivity contribution is 7.99. The molecule has 3 rings (SSSR count). The van der Waals surface area contributed by atoms with Crippen molar-refractivity contribution in [3.05, 3.63) is 35.1 Å². The number of hydrogen-bond acceptors (Lipinski definition) is 5. The summed E-state index contributed by atoms with van der Waals surface area (Å²) < 4.78 is 7.91. The molecule has 8 heteroatoms. The fourth-order valence-electron chi connectivity index (χ4n) is 2.50. The van der Waals surface area contributed by atoms with Gasteiger partial charge in [0.2, 0.25) is 5.91 Å². The molecule has 1 unspecified atom stereocenters. The lowest BCUT2D eigenvalue weighted by molar-refractivity contribution is -0.119. The lowest BCUT2D eigenvalue weighted by Gasteiger charge is -2.17. The first-order valence-corrected chi connectivity index (χ1v) is 10.5. The van der Waals surface area contributed by atoms with E-state index in [1.54, 1.807) is 6.07 Å². The Morgan fingerprint density at radius 1 is 1.33 bits per heavy atom. The van der Waals surface area contributed by atoms with E-state index in [2.05, 4.69) is 33.9 Å². The highest BCUT2D eigenvalue weighted by Gasteiger charge is 2.30. The second kappa shape index (κ2) is 8.97. The topological polar surface area (TPSA) is 69.0 Å². The summed E-state index contributed by atoms with van der Waals surface area (Å²) in [5.41, 5.74) is 0. The Hall–Kier alpha value is -1.73. The van der Waals surface area contributed by atoms with Crippen LogP contribution in [0.2, 0.25) is 5.02 Å². The summed E-state index contributed by atoms with van der Waals surface area (Å²) in [6, 6.07) is 7.91. The minimum atomic E-state index is 0.0143. The van der Waals surface area contributed by atoms with Gasteiger partial charge in [-0.3, -0.25) is 9.36 Å². The van der Waals surface area contributed by atoms with Crippen LogP contribution in [0.4, 0.5) is 0 Å². The molecule has 1 heterocycles. The smallest absolute Gasteiger partial charge is 0.230 e. The van der Waals surface area contributed by atoms with Crippen molar-refractivity contribution in [2.45, 2.75) is 57.5 Å². The molecule has 1 N–H and O–H groups in total. The first-order valence-electron chi connectivity index (χ1n) is 9.19. The standard InChI is InChI=1S/C19H25ClN4O2S/c1-12(2)13(3)21-18(25)11-27-19-23-22-17(24(19)14-8-9-14)10-26-16-7-5-4-6-15(16)20/h4-7,12-14H,8-11H2,1-3H3,(H,21,25). The van der Waals surface area contributed by atoms with Crippen LogP contribution in [0, 0.1) is 5.92 Å². The zero-order chi connectivity index (χ0) is 19.4. The second-order valence-electron chi connectivity index (χ2n) is 7.11. The molecule has 146 valence electrons. The Morgan fingerprint density at radius 2 is 2.07 bits per heavy atom. The minimum absolute atomic E-state index is 0.0143. The molecule has 1 amide bonds. The molecule has 1 aromatic heterocycles. The molecule has 2 aromatic rings. The van der Waals surface area contributed by atoms with Crippen LogP contribution in [0.5, 0.6) is 5.75 Å². The lowest BCUT2D eigenvalue weighted by Crippen LogP contribution is -2.37. The van der Waals surface area contributed by atoms with Gasteiger partial charge in [-0.1, -0.05) is 49.3 Å². The van der Waals surface area contributed by atoms with Gasteiger partial charge in [-0.2, -0.15) is 0 Å². The van der Waals surface area contributed by atoms with Gasteiger partial charge in [0.05, 0.1) is 10.8 Å². The number of benzene rings is 1. The molecule has 1 aliphatic rings. The third-order valence-corrected chi connectivity index (χ3v) is 5.82. The van der Waals surface area contributed by atoms with Crippen molar-refractivity contribution < 1.29 is 9.53 Å². The van der Waals surface area contributed by atoms with Gasteiger partial charge in [0.25, 0.3) is 0 Å². The van der Waals surface area contributed by atoms with Crippen molar-refractivity contribution in [3.8, 4) is 5.75 Å². The van der Waals surface area contributed by atoms with Gasteiger partial charge in [-0.15, -0.1) is 10.2 Å². The van der Waals surface area contributed by atoms with E-state index in [-0.39, 0.29) is 11.9 Å². The van der Waals surface area contributed by atoms with E-state index in [4.69, 9.17) is 16.3 Å². The fraction of sp³-hybridized carbons (Fsp3) is 0.526. The monoisotopic (exact) mass is 408 g/mol. The van der Waals surface area contributed by atoms with Gasteiger partial charge < -0.3 is 10.1 Å². The maximum atomic E-state index is 12.2. The Kier molecular flexibility index (Phi) is 6.65. The van der Waals surface area contributed by atoms with Gasteiger partial charge in [-0.05, 0) is 37.8 Å². The van der Waals surface area contributed by atoms with Gasteiger partial charge >= 0.3 is 0 Å². The van der Waals surface area contributed by atoms with Crippen LogP contribution in [0.3, 0.4) is 0 Å². The number of aromatic nitrogens is 3. The van der Waals surface area contributed by atoms with E-state index >= 15 is 0 Å². The van der Waals surface area contributed by atoms with Gasteiger partial charge in [0.1, 0.15) is 12.4 Å². The molecule has 0 aliphatic heterocycles. The summed E-state index contributed by atoms with van der Waals surface area (Å²) in [5.74, 6) is 2.13. The Labute approximate surface area is 169 Å². The largest absolute Gasteiger partial charge is 0.484 e. The van der Waals surface area contributed by atoms with Crippen LogP contribution in [-0.2, 0) is 11.4 Å². The highest BCUT2D eigenvalue weighted by Crippen LogP contribution is 2.39. The number of rotatable bonds is 9. The van der Waals surface area contributed by atoms with Crippen LogP contribution >= 0.6 is 23.4 Å². The van der Waals surface area contributed by atoms with Crippen LogP contribution in [0.25, 0.3) is 0 Å². The number of amides is 1. The summed E-state index contributed by atoms with van der Waals surface area (Å²) in [5, 5.41) is 12.9. The summed E-state index contributed by atoms with van der Waals surface area (Å²) in [6.07, 6.45) is 2.20. The number of hydrogen-bond donors (Lipinski definition) is 1. The van der Waals surface area contributed by atoms with Crippen molar-refractivity contribution in [1.29, 1.82) is 0 Å². The molecule has 0 spiro atoms. The van der Waals surface area contributed by atoms with E-state index in [0.29, 0.717) is 35.1 Å². The summed E-state index contributed by atoms with van der Waals surface area (Å²) in [6.45, 7) is 6.49. The minimum Gasteiger partial charge on any atom is -0.484 e. The molecule has 27 heavy (non-hydrogen) atoms. The third kappa shape index (κ3) is 5.39. The molecule has 0 radical (unpaired) electrons. The Bertz CT molecular complexity index is 792. The van der Waals surface area contributed by atoms with Crippen LogP contribution < -0.4 is 10.1 Å². The quantitative estimate of drug-likeness (QED) is 0.632. The number of thioether (sulfide) groups is 1. The summed E-state index contributed by atoms with van der Waals surface area (Å²) in [4.78, 5) is 12.2. The Morgan fingerprint density at radius 3 is 2.74 bits per heavy atom. The first-order chi connectivity index (χ1) is 13.0. The number of nitrogens with zero attached hydrogens (tertiary/aromatic N) is 3. The SMILES string of the molecule is CC(C)C(C)NC(=O)CSc1nnc(COc2ccccc2Cl)n1C1CC1. The molecule has 1 aromatic carbocycles.